The second-order valence-corrected chi connectivity index (χ2v) is 2.11. The first-order chi connectivity index (χ1) is 5.27. The molecule has 0 aromatic heterocycles. The Kier molecular flexibility index (Phi) is 0.974. The van der Waals surface area contributed by atoms with E-state index in [-0.39, 0.29) is 5.95 Å². The standard InChI is InChI=1S/C5H6N6/c6-4-3-2(1-8-11-3)9-5(7)10-4/h1H,6H2,(H3,7,9,10). The zero-order valence-electron chi connectivity index (χ0n) is 5.57. The highest BCUT2D eigenvalue weighted by atomic mass is 15.2. The smallest absolute Gasteiger partial charge is 0.199 e. The van der Waals surface area contributed by atoms with Gasteiger partial charge in [0, 0.05) is 0 Å². The van der Waals surface area contributed by atoms with Gasteiger partial charge in [-0.3, -0.25) is 0 Å². The molecular formula is C5H6N6. The Balaban J connectivity index is 2.79. The molecule has 2 rings (SSSR count). The van der Waals surface area contributed by atoms with Crippen LogP contribution in [0.1, 0.15) is 0 Å². The van der Waals surface area contributed by atoms with Crippen LogP contribution in [0.25, 0.3) is 11.4 Å². The number of hydrogen-bond donors (Lipinski definition) is 3. The average Bonchev–Trinajstić information content (AvgIpc) is 2.34. The Hall–Kier alpha value is -1.85. The van der Waals surface area contributed by atoms with Crippen molar-refractivity contribution < 1.29 is 0 Å². The molecule has 11 heavy (non-hydrogen) atoms. The van der Waals surface area contributed by atoms with Gasteiger partial charge in [-0.2, -0.15) is 10.1 Å². The third-order valence-corrected chi connectivity index (χ3v) is 1.35. The second-order valence-electron chi connectivity index (χ2n) is 2.11. The highest BCUT2D eigenvalue weighted by Crippen LogP contribution is 2.21. The van der Waals surface area contributed by atoms with Crippen LogP contribution < -0.4 is 11.5 Å². The third kappa shape index (κ3) is 0.759. The lowest BCUT2D eigenvalue weighted by Gasteiger charge is -2.00. The molecule has 0 aromatic rings. The molecule has 0 saturated carbocycles. The molecule has 2 aliphatic heterocycles. The van der Waals surface area contributed by atoms with Gasteiger partial charge in [0.15, 0.2) is 17.5 Å². The minimum Gasteiger partial charge on any atom is -0.382 e. The SMILES string of the molecule is Nc1nc(N)c2nncc-2[nH]1. The van der Waals surface area contributed by atoms with Crippen molar-refractivity contribution in [3.63, 3.8) is 0 Å². The van der Waals surface area contributed by atoms with Gasteiger partial charge in [-0.05, 0) is 0 Å². The summed E-state index contributed by atoms with van der Waals surface area (Å²) in [5, 5.41) is 7.38. The summed E-state index contributed by atoms with van der Waals surface area (Å²) in [6, 6.07) is 0. The van der Waals surface area contributed by atoms with Crippen molar-refractivity contribution >= 4 is 11.8 Å². The first-order valence-electron chi connectivity index (χ1n) is 3.00. The van der Waals surface area contributed by atoms with E-state index in [1.54, 1.807) is 6.20 Å². The van der Waals surface area contributed by atoms with Gasteiger partial charge in [0.25, 0.3) is 0 Å². The van der Waals surface area contributed by atoms with Crippen LogP contribution in [0.4, 0.5) is 11.8 Å². The molecule has 0 spiro atoms. The van der Waals surface area contributed by atoms with Crippen molar-refractivity contribution in [2.24, 2.45) is 0 Å². The van der Waals surface area contributed by atoms with Crippen LogP contribution >= 0.6 is 0 Å². The van der Waals surface area contributed by atoms with Gasteiger partial charge < -0.3 is 16.5 Å². The van der Waals surface area contributed by atoms with E-state index in [9.17, 15) is 0 Å². The molecule has 0 aromatic carbocycles. The minimum absolute atomic E-state index is 0.268. The number of aromatic amines is 1. The van der Waals surface area contributed by atoms with Gasteiger partial charge in [0.2, 0.25) is 0 Å². The number of nitrogens with two attached hydrogens (primary N) is 2. The fourth-order valence-corrected chi connectivity index (χ4v) is 0.889. The van der Waals surface area contributed by atoms with Crippen molar-refractivity contribution in [1.82, 2.24) is 20.2 Å². The molecule has 0 amide bonds. The largest absolute Gasteiger partial charge is 0.382 e. The molecule has 0 atom stereocenters. The van der Waals surface area contributed by atoms with E-state index in [0.717, 1.165) is 0 Å². The maximum absolute atomic E-state index is 5.49. The molecule has 0 aliphatic carbocycles. The number of nitrogens with zero attached hydrogens (tertiary/aromatic N) is 3. The van der Waals surface area contributed by atoms with Crippen molar-refractivity contribution in [1.29, 1.82) is 0 Å². The maximum Gasteiger partial charge on any atom is 0.199 e. The molecule has 56 valence electrons. The number of hydrogen-bond acceptors (Lipinski definition) is 5. The highest BCUT2D eigenvalue weighted by Gasteiger charge is 2.10. The Labute approximate surface area is 62.0 Å². The fourth-order valence-electron chi connectivity index (χ4n) is 0.889. The molecule has 0 fully saturated rings. The van der Waals surface area contributed by atoms with Gasteiger partial charge in [-0.15, -0.1) is 5.10 Å². The zero-order valence-corrected chi connectivity index (χ0v) is 5.57. The predicted molar refractivity (Wildman–Crippen MR) is 39.6 cm³/mol. The van der Waals surface area contributed by atoms with E-state index in [1.807, 2.05) is 0 Å². The van der Waals surface area contributed by atoms with Crippen LogP contribution in [0.3, 0.4) is 0 Å². The van der Waals surface area contributed by atoms with Crippen LogP contribution in [-0.4, -0.2) is 20.2 Å². The number of nitrogens with one attached hydrogen (secondary N) is 1. The summed E-state index contributed by atoms with van der Waals surface area (Å²) in [6.45, 7) is 0. The molecule has 0 bridgehead atoms. The number of aromatic nitrogens is 4. The molecule has 2 aliphatic rings. The van der Waals surface area contributed by atoms with Crippen LogP contribution in [0.2, 0.25) is 0 Å². The van der Waals surface area contributed by atoms with E-state index in [2.05, 4.69) is 20.2 Å². The molecule has 5 N–H and O–H groups in total. The van der Waals surface area contributed by atoms with Crippen LogP contribution in [0.15, 0.2) is 6.20 Å². The number of anilines is 2. The molecular weight excluding hydrogens is 144 g/mol. The van der Waals surface area contributed by atoms with Crippen molar-refractivity contribution in [2.45, 2.75) is 0 Å². The van der Waals surface area contributed by atoms with E-state index in [1.165, 1.54) is 0 Å². The van der Waals surface area contributed by atoms with E-state index >= 15 is 0 Å². The molecule has 0 radical (unpaired) electrons. The van der Waals surface area contributed by atoms with Crippen molar-refractivity contribution in [2.75, 3.05) is 11.5 Å². The predicted octanol–water partition coefficient (Wildman–Crippen LogP) is -0.531. The number of fused-ring (bicyclic) bond motifs is 1. The van der Waals surface area contributed by atoms with Gasteiger partial charge in [-0.25, -0.2) is 0 Å². The maximum atomic E-state index is 5.49. The van der Waals surface area contributed by atoms with Gasteiger partial charge in [0.05, 0.1) is 11.9 Å². The van der Waals surface area contributed by atoms with E-state index < -0.39 is 0 Å². The topological polar surface area (TPSA) is 106 Å². The fraction of sp³-hybridized carbons (Fsp3) is 0. The number of H-pyrrole nitrogens is 1. The summed E-state index contributed by atoms with van der Waals surface area (Å²) in [5.74, 6) is 0.568. The molecule has 2 heterocycles. The van der Waals surface area contributed by atoms with Crippen LogP contribution in [-0.2, 0) is 0 Å². The monoisotopic (exact) mass is 150 g/mol. The normalized spacial score (nSPS) is 10.5. The molecule has 6 heteroatoms. The number of rotatable bonds is 0. The average molecular weight is 150 g/mol. The Morgan fingerprint density at radius 1 is 1.36 bits per heavy atom. The lowest BCUT2D eigenvalue weighted by atomic mass is 10.3. The van der Waals surface area contributed by atoms with Gasteiger partial charge >= 0.3 is 0 Å². The lowest BCUT2D eigenvalue weighted by Crippen LogP contribution is -2.02. The summed E-state index contributed by atoms with van der Waals surface area (Å²) in [5.41, 5.74) is 12.1. The second kappa shape index (κ2) is 1.82. The Morgan fingerprint density at radius 3 is 3.00 bits per heavy atom. The van der Waals surface area contributed by atoms with Crippen molar-refractivity contribution in [3.8, 4) is 11.4 Å². The summed E-state index contributed by atoms with van der Waals surface area (Å²) in [7, 11) is 0. The minimum atomic E-state index is 0.268. The third-order valence-electron chi connectivity index (χ3n) is 1.35. The first kappa shape index (κ1) is 5.90. The quantitative estimate of drug-likeness (QED) is 0.468. The highest BCUT2D eigenvalue weighted by molar-refractivity contribution is 5.68. The Bertz CT molecular complexity index is 352. The first-order valence-corrected chi connectivity index (χ1v) is 3.00. The summed E-state index contributed by atoms with van der Waals surface area (Å²) >= 11 is 0. The molecule has 6 nitrogen and oxygen atoms in total. The summed E-state index contributed by atoms with van der Waals surface area (Å²) < 4.78 is 0. The lowest BCUT2D eigenvalue weighted by molar-refractivity contribution is 1.09. The van der Waals surface area contributed by atoms with Crippen molar-refractivity contribution in [3.05, 3.63) is 6.20 Å². The van der Waals surface area contributed by atoms with Crippen LogP contribution in [0.5, 0.6) is 0 Å². The Morgan fingerprint density at radius 2 is 2.18 bits per heavy atom. The number of nitrogen functional groups attached to an aromatic ring is 2. The summed E-state index contributed by atoms with van der Waals surface area (Å²) in [4.78, 5) is 6.54. The van der Waals surface area contributed by atoms with Gasteiger partial charge in [0.1, 0.15) is 0 Å². The molecule has 0 unspecified atom stereocenters. The molecule has 0 saturated heterocycles. The van der Waals surface area contributed by atoms with Gasteiger partial charge in [-0.1, -0.05) is 0 Å². The van der Waals surface area contributed by atoms with Crippen LogP contribution in [0, 0.1) is 0 Å². The van der Waals surface area contributed by atoms with E-state index in [4.69, 9.17) is 11.5 Å². The van der Waals surface area contributed by atoms with E-state index in [0.29, 0.717) is 17.2 Å². The zero-order chi connectivity index (χ0) is 7.84. The summed E-state index contributed by atoms with van der Waals surface area (Å²) in [6.07, 6.45) is 1.55.